The van der Waals surface area contributed by atoms with Crippen molar-refractivity contribution in [3.8, 4) is 5.75 Å². The van der Waals surface area contributed by atoms with Gasteiger partial charge < -0.3 is 24.8 Å². The molecular formula is C29H43N5O3. The Hall–Kier alpha value is -3.29. The lowest BCUT2D eigenvalue weighted by Crippen LogP contribution is -2.36. The minimum absolute atomic E-state index is 0.0658. The monoisotopic (exact) mass is 509 g/mol. The highest BCUT2D eigenvalue weighted by molar-refractivity contribution is 6.08. The second-order valence-electron chi connectivity index (χ2n) is 10.1. The molecule has 2 amide bonds. The third kappa shape index (κ3) is 7.60. The fourth-order valence-electron chi connectivity index (χ4n) is 4.36. The quantitative estimate of drug-likeness (QED) is 0.378. The molecule has 0 saturated heterocycles. The molecule has 3 rings (SSSR count). The number of carbonyl (C=O) groups is 2. The van der Waals surface area contributed by atoms with Crippen LogP contribution in [0.5, 0.6) is 5.75 Å². The number of anilines is 1. The first-order valence-electron chi connectivity index (χ1n) is 13.4. The number of allylic oxidation sites excluding steroid dienone is 1. The van der Waals surface area contributed by atoms with Gasteiger partial charge in [0.2, 0.25) is 5.91 Å². The summed E-state index contributed by atoms with van der Waals surface area (Å²) in [5, 5.41) is 3.38. The Balaban J connectivity index is 1.85. The van der Waals surface area contributed by atoms with Gasteiger partial charge in [0.05, 0.1) is 18.0 Å². The molecular weight excluding hydrogens is 466 g/mol. The molecule has 1 aliphatic carbocycles. The van der Waals surface area contributed by atoms with E-state index in [9.17, 15) is 9.59 Å². The molecule has 1 N–H and O–H groups in total. The predicted octanol–water partition coefficient (Wildman–Crippen LogP) is 4.20. The fraction of sp³-hybridized carbons (Fsp3) is 0.552. The first kappa shape index (κ1) is 28.3. The summed E-state index contributed by atoms with van der Waals surface area (Å²) in [7, 11) is 3.83. The number of nitrogens with zero attached hydrogens (tertiary/aromatic N) is 4. The molecule has 1 aliphatic heterocycles. The predicted molar refractivity (Wildman–Crippen MR) is 150 cm³/mol. The summed E-state index contributed by atoms with van der Waals surface area (Å²) < 4.78 is 6.17. The van der Waals surface area contributed by atoms with E-state index in [-0.39, 0.29) is 23.8 Å². The van der Waals surface area contributed by atoms with Gasteiger partial charge in [-0.3, -0.25) is 14.6 Å². The smallest absolute Gasteiger partial charge is 0.262 e. The van der Waals surface area contributed by atoms with Gasteiger partial charge in [0, 0.05) is 51.4 Å². The summed E-state index contributed by atoms with van der Waals surface area (Å²) in [6.45, 7) is 12.4. The summed E-state index contributed by atoms with van der Waals surface area (Å²) in [6.07, 6.45) is 4.65. The highest BCUT2D eigenvalue weighted by atomic mass is 16.5. The maximum atomic E-state index is 13.9. The molecule has 0 bridgehead atoms. The molecule has 8 heteroatoms. The Bertz CT molecular complexity index is 1070. The average molecular weight is 510 g/mol. The van der Waals surface area contributed by atoms with Crippen molar-refractivity contribution in [3.05, 3.63) is 47.3 Å². The molecule has 1 unspecified atom stereocenters. The van der Waals surface area contributed by atoms with Crippen molar-refractivity contribution in [3.63, 3.8) is 0 Å². The Labute approximate surface area is 222 Å². The van der Waals surface area contributed by atoms with E-state index >= 15 is 0 Å². The molecule has 202 valence electrons. The summed E-state index contributed by atoms with van der Waals surface area (Å²) in [4.78, 5) is 36.4. The van der Waals surface area contributed by atoms with Crippen LogP contribution in [0.4, 0.5) is 5.69 Å². The van der Waals surface area contributed by atoms with Gasteiger partial charge in [-0.15, -0.1) is 0 Å². The lowest BCUT2D eigenvalue weighted by molar-refractivity contribution is -0.132. The summed E-state index contributed by atoms with van der Waals surface area (Å²) in [5.41, 5.74) is 2.52. The second kappa shape index (κ2) is 12.8. The second-order valence-corrected chi connectivity index (χ2v) is 10.1. The molecule has 8 nitrogen and oxygen atoms in total. The van der Waals surface area contributed by atoms with E-state index in [4.69, 9.17) is 4.74 Å². The van der Waals surface area contributed by atoms with Crippen LogP contribution in [0.2, 0.25) is 0 Å². The Morgan fingerprint density at radius 2 is 2.00 bits per heavy atom. The van der Waals surface area contributed by atoms with Crippen LogP contribution in [-0.2, 0) is 9.59 Å². The molecule has 1 fully saturated rings. The zero-order chi connectivity index (χ0) is 27.1. The zero-order valence-corrected chi connectivity index (χ0v) is 23.5. The van der Waals surface area contributed by atoms with Crippen LogP contribution < -0.4 is 15.0 Å². The third-order valence-electron chi connectivity index (χ3n) is 6.71. The van der Waals surface area contributed by atoms with Crippen LogP contribution in [0.1, 0.15) is 53.9 Å². The van der Waals surface area contributed by atoms with Crippen molar-refractivity contribution in [1.82, 2.24) is 15.1 Å². The molecule has 0 spiro atoms. The number of likely N-dealkylation sites (N-methyl/N-ethyl adjacent to an activating group) is 2. The van der Waals surface area contributed by atoms with Crippen LogP contribution in [0.3, 0.4) is 0 Å². The number of amides is 2. The van der Waals surface area contributed by atoms with E-state index in [1.54, 1.807) is 4.90 Å². The van der Waals surface area contributed by atoms with Gasteiger partial charge in [-0.1, -0.05) is 18.6 Å². The van der Waals surface area contributed by atoms with Crippen LogP contribution >= 0.6 is 0 Å². The molecule has 1 saturated carbocycles. The van der Waals surface area contributed by atoms with Gasteiger partial charge >= 0.3 is 0 Å². The number of nitrogens with one attached hydrogen (secondary N) is 1. The minimum Gasteiger partial charge on any atom is -0.489 e. The molecule has 0 aromatic heterocycles. The molecule has 0 radical (unpaired) electrons. The number of amidine groups is 1. The van der Waals surface area contributed by atoms with E-state index in [1.807, 2.05) is 77.0 Å². The molecule has 1 atom stereocenters. The van der Waals surface area contributed by atoms with Crippen molar-refractivity contribution in [1.29, 1.82) is 0 Å². The van der Waals surface area contributed by atoms with Crippen LogP contribution in [0, 0.1) is 5.92 Å². The van der Waals surface area contributed by atoms with Gasteiger partial charge in [0.1, 0.15) is 17.7 Å². The summed E-state index contributed by atoms with van der Waals surface area (Å²) in [5.74, 6) is 2.54. The standard InChI is InChI=1S/C29H43N5O3/c1-8-20(3)17-26-27(31-22(5)30-9-2)32(6)15-16-34(29(26)36)24-11-10-12-25(18-24)37-21(4)19-33(7)28(35)23-13-14-23/h10-12,17-18,21,23H,8-9,13-16,19H2,1-7H3,(H,30,31)/b20-17-. The maximum absolute atomic E-state index is 13.9. The molecule has 37 heavy (non-hydrogen) atoms. The average Bonchev–Trinajstić information content (AvgIpc) is 3.71. The van der Waals surface area contributed by atoms with Crippen LogP contribution in [0.25, 0.3) is 0 Å². The van der Waals surface area contributed by atoms with Crippen molar-refractivity contribution >= 4 is 23.3 Å². The number of aliphatic imine (C=N–C) groups is 1. The van der Waals surface area contributed by atoms with E-state index in [2.05, 4.69) is 22.1 Å². The lowest BCUT2D eigenvalue weighted by atomic mass is 10.1. The van der Waals surface area contributed by atoms with Crippen molar-refractivity contribution in [2.45, 2.75) is 60.0 Å². The first-order valence-corrected chi connectivity index (χ1v) is 13.4. The van der Waals surface area contributed by atoms with E-state index in [0.717, 1.165) is 42.2 Å². The molecule has 1 heterocycles. The molecule has 1 aromatic rings. The van der Waals surface area contributed by atoms with Gasteiger partial charge in [-0.05, 0) is 65.2 Å². The zero-order valence-electron chi connectivity index (χ0n) is 23.5. The Morgan fingerprint density at radius 1 is 1.27 bits per heavy atom. The van der Waals surface area contributed by atoms with Crippen molar-refractivity contribution in [2.75, 3.05) is 45.2 Å². The topological polar surface area (TPSA) is 77.5 Å². The number of ether oxygens (including phenoxy) is 1. The van der Waals surface area contributed by atoms with Gasteiger partial charge in [0.25, 0.3) is 5.91 Å². The first-order chi connectivity index (χ1) is 17.6. The normalized spacial score (nSPS) is 18.1. The van der Waals surface area contributed by atoms with Crippen LogP contribution in [-0.4, -0.2) is 73.8 Å². The van der Waals surface area contributed by atoms with Gasteiger partial charge in [0.15, 0.2) is 0 Å². The highest BCUT2D eigenvalue weighted by Gasteiger charge is 2.32. The summed E-state index contributed by atoms with van der Waals surface area (Å²) >= 11 is 0. The minimum atomic E-state index is -0.170. The molecule has 2 aliphatic rings. The van der Waals surface area contributed by atoms with E-state index in [1.165, 1.54) is 0 Å². The van der Waals surface area contributed by atoms with E-state index < -0.39 is 0 Å². The van der Waals surface area contributed by atoms with Crippen molar-refractivity contribution < 1.29 is 14.3 Å². The Morgan fingerprint density at radius 3 is 2.65 bits per heavy atom. The van der Waals surface area contributed by atoms with Crippen LogP contribution in [0.15, 0.2) is 52.3 Å². The fourth-order valence-corrected chi connectivity index (χ4v) is 4.36. The van der Waals surface area contributed by atoms with Gasteiger partial charge in [-0.25, -0.2) is 0 Å². The highest BCUT2D eigenvalue weighted by Crippen LogP contribution is 2.31. The number of benzene rings is 1. The number of hydrogen-bond donors (Lipinski definition) is 1. The largest absolute Gasteiger partial charge is 0.489 e. The lowest BCUT2D eigenvalue weighted by Gasteiger charge is -2.25. The van der Waals surface area contributed by atoms with Gasteiger partial charge in [-0.2, -0.15) is 0 Å². The van der Waals surface area contributed by atoms with Crippen molar-refractivity contribution in [2.24, 2.45) is 10.9 Å². The van der Waals surface area contributed by atoms with E-state index in [0.29, 0.717) is 37.5 Å². The SMILES string of the molecule is CCN=C(C)NC1=C(/C=C(/C)CC)C(=O)N(c2cccc(OC(C)CN(C)C(=O)C3CC3)c2)CCN1C. The number of carbonyl (C=O) groups excluding carboxylic acids is 2. The number of hydrogen-bond acceptors (Lipinski definition) is 5. The third-order valence-corrected chi connectivity index (χ3v) is 6.71. The summed E-state index contributed by atoms with van der Waals surface area (Å²) in [6, 6.07) is 7.65. The number of rotatable bonds is 10. The molecule has 1 aromatic carbocycles. The Kier molecular flexibility index (Phi) is 9.78. The maximum Gasteiger partial charge on any atom is 0.262 e.